The molecule has 6 heteroatoms. The zero-order chi connectivity index (χ0) is 18.4. The summed E-state index contributed by atoms with van der Waals surface area (Å²) >= 11 is 0. The maximum absolute atomic E-state index is 12.2. The molecule has 6 nitrogen and oxygen atoms in total. The van der Waals surface area contributed by atoms with E-state index in [0.29, 0.717) is 13.1 Å². The summed E-state index contributed by atoms with van der Waals surface area (Å²) in [6, 6.07) is 14.3. The highest BCUT2D eigenvalue weighted by atomic mass is 16.4. The molecule has 0 aliphatic carbocycles. The van der Waals surface area contributed by atoms with Crippen LogP contribution in [0.15, 0.2) is 48.5 Å². The fourth-order valence-corrected chi connectivity index (χ4v) is 2.36. The van der Waals surface area contributed by atoms with Gasteiger partial charge < -0.3 is 20.2 Å². The van der Waals surface area contributed by atoms with Crippen LogP contribution in [0.1, 0.15) is 21.5 Å². The van der Waals surface area contributed by atoms with E-state index in [9.17, 15) is 9.59 Å². The largest absolute Gasteiger partial charge is 0.478 e. The van der Waals surface area contributed by atoms with E-state index in [2.05, 4.69) is 11.4 Å². The normalized spacial score (nSPS) is 10.2. The van der Waals surface area contributed by atoms with Gasteiger partial charge in [-0.15, -0.1) is 0 Å². The summed E-state index contributed by atoms with van der Waals surface area (Å²) in [6.07, 6.45) is 0. The Labute approximate surface area is 147 Å². The molecule has 0 radical (unpaired) electrons. The van der Waals surface area contributed by atoms with Crippen LogP contribution in [0.4, 0.5) is 10.5 Å². The fraction of sp³-hybridized carbons (Fsp3) is 0.263. The van der Waals surface area contributed by atoms with E-state index in [1.54, 1.807) is 24.1 Å². The molecule has 0 heterocycles. The molecule has 0 saturated heterocycles. The van der Waals surface area contributed by atoms with Gasteiger partial charge in [0.2, 0.25) is 0 Å². The molecule has 2 N–H and O–H groups in total. The van der Waals surface area contributed by atoms with Gasteiger partial charge >= 0.3 is 12.0 Å². The molecule has 2 aromatic carbocycles. The van der Waals surface area contributed by atoms with Gasteiger partial charge in [-0.25, -0.2) is 9.59 Å². The van der Waals surface area contributed by atoms with Crippen LogP contribution in [0.2, 0.25) is 0 Å². The maximum atomic E-state index is 12.2. The Balaban J connectivity index is 1.89. The van der Waals surface area contributed by atoms with Crippen LogP contribution >= 0.6 is 0 Å². The Hall–Kier alpha value is -3.02. The molecule has 0 fully saturated rings. The maximum Gasteiger partial charge on any atom is 0.335 e. The number of nitrogens with one attached hydrogen (secondary N) is 1. The zero-order valence-electron chi connectivity index (χ0n) is 14.7. The van der Waals surface area contributed by atoms with E-state index in [1.165, 1.54) is 12.1 Å². The lowest BCUT2D eigenvalue weighted by Crippen LogP contribution is -2.36. The number of carboxylic acids is 1. The van der Waals surface area contributed by atoms with Crippen molar-refractivity contribution < 1.29 is 14.7 Å². The summed E-state index contributed by atoms with van der Waals surface area (Å²) in [7, 11) is 5.70. The van der Waals surface area contributed by atoms with Crippen LogP contribution < -0.4 is 10.2 Å². The predicted molar refractivity (Wildman–Crippen MR) is 97.9 cm³/mol. The molecular formula is C19H23N3O3. The number of carbonyl (C=O) groups excluding carboxylic acids is 1. The first-order chi connectivity index (χ1) is 11.9. The van der Waals surface area contributed by atoms with Crippen molar-refractivity contribution in [3.63, 3.8) is 0 Å². The van der Waals surface area contributed by atoms with Gasteiger partial charge in [0.25, 0.3) is 0 Å². The number of aromatic carboxylic acids is 1. The lowest BCUT2D eigenvalue weighted by Gasteiger charge is -2.19. The lowest BCUT2D eigenvalue weighted by molar-refractivity contribution is 0.0697. The number of carboxylic acid groups (broad SMARTS) is 1. The molecule has 0 saturated carbocycles. The second-order valence-corrected chi connectivity index (χ2v) is 6.08. The number of rotatable bonds is 6. The average molecular weight is 341 g/mol. The van der Waals surface area contributed by atoms with Crippen molar-refractivity contribution >= 4 is 17.7 Å². The molecular weight excluding hydrogens is 318 g/mol. The van der Waals surface area contributed by atoms with Crippen LogP contribution in [-0.2, 0) is 13.1 Å². The summed E-state index contributed by atoms with van der Waals surface area (Å²) in [5, 5.41) is 11.7. The number of carbonyl (C=O) groups is 2. The highest BCUT2D eigenvalue weighted by molar-refractivity contribution is 5.87. The highest BCUT2D eigenvalue weighted by Crippen LogP contribution is 2.14. The van der Waals surface area contributed by atoms with Crippen molar-refractivity contribution in [2.75, 3.05) is 26.0 Å². The van der Waals surface area contributed by atoms with Crippen LogP contribution in [-0.4, -0.2) is 43.1 Å². The second kappa shape index (κ2) is 8.19. The summed E-state index contributed by atoms with van der Waals surface area (Å²) in [4.78, 5) is 26.7. The van der Waals surface area contributed by atoms with Crippen molar-refractivity contribution in [3.8, 4) is 0 Å². The van der Waals surface area contributed by atoms with E-state index in [1.807, 2.05) is 37.2 Å². The standard InChI is InChI=1S/C19H23N3O3/c1-21(2)17-6-4-5-15(11-17)13-22(3)19(25)20-12-14-7-9-16(10-8-14)18(23)24/h4-11H,12-13H2,1-3H3,(H,20,25)(H,23,24). The highest BCUT2D eigenvalue weighted by Gasteiger charge is 2.10. The van der Waals surface area contributed by atoms with Crippen molar-refractivity contribution in [3.05, 3.63) is 65.2 Å². The molecule has 0 bridgehead atoms. The third kappa shape index (κ3) is 5.24. The van der Waals surface area contributed by atoms with Gasteiger partial charge in [0.15, 0.2) is 0 Å². The van der Waals surface area contributed by atoms with Crippen molar-refractivity contribution in [2.45, 2.75) is 13.1 Å². The Bertz CT molecular complexity index is 742. The Morgan fingerprint density at radius 1 is 1.00 bits per heavy atom. The van der Waals surface area contributed by atoms with Crippen LogP contribution in [0.5, 0.6) is 0 Å². The summed E-state index contributed by atoms with van der Waals surface area (Å²) in [5.41, 5.74) is 3.22. The third-order valence-electron chi connectivity index (χ3n) is 3.84. The van der Waals surface area contributed by atoms with Gasteiger partial charge in [0.05, 0.1) is 5.56 Å². The zero-order valence-corrected chi connectivity index (χ0v) is 14.7. The van der Waals surface area contributed by atoms with Gasteiger partial charge in [-0.2, -0.15) is 0 Å². The Kier molecular flexibility index (Phi) is 6.00. The summed E-state index contributed by atoms with van der Waals surface area (Å²) < 4.78 is 0. The van der Waals surface area contributed by atoms with E-state index in [4.69, 9.17) is 5.11 Å². The smallest absolute Gasteiger partial charge is 0.335 e. The predicted octanol–water partition coefficient (Wildman–Crippen LogP) is 2.79. The molecule has 2 rings (SSSR count). The number of amides is 2. The van der Waals surface area contributed by atoms with E-state index in [0.717, 1.165) is 16.8 Å². The number of benzene rings is 2. The molecule has 132 valence electrons. The molecule has 0 aliphatic rings. The molecule has 0 aliphatic heterocycles. The van der Waals surface area contributed by atoms with Crippen molar-refractivity contribution in [2.24, 2.45) is 0 Å². The van der Waals surface area contributed by atoms with Crippen LogP contribution in [0.3, 0.4) is 0 Å². The first-order valence-corrected chi connectivity index (χ1v) is 7.94. The lowest BCUT2D eigenvalue weighted by atomic mass is 10.1. The minimum atomic E-state index is -0.963. The van der Waals surface area contributed by atoms with Crippen LogP contribution in [0.25, 0.3) is 0 Å². The number of hydrogen-bond donors (Lipinski definition) is 2. The molecule has 0 spiro atoms. The summed E-state index contributed by atoms with van der Waals surface area (Å²) in [5.74, 6) is -0.963. The molecule has 0 atom stereocenters. The minimum absolute atomic E-state index is 0.183. The Morgan fingerprint density at radius 3 is 2.28 bits per heavy atom. The molecule has 0 aromatic heterocycles. The van der Waals surface area contributed by atoms with E-state index >= 15 is 0 Å². The van der Waals surface area contributed by atoms with Gasteiger partial charge in [-0.1, -0.05) is 24.3 Å². The van der Waals surface area contributed by atoms with E-state index in [-0.39, 0.29) is 11.6 Å². The first kappa shape index (κ1) is 18.3. The van der Waals surface area contributed by atoms with Gasteiger partial charge in [-0.05, 0) is 35.4 Å². The fourth-order valence-electron chi connectivity index (χ4n) is 2.36. The van der Waals surface area contributed by atoms with Gasteiger partial charge in [-0.3, -0.25) is 0 Å². The number of urea groups is 1. The van der Waals surface area contributed by atoms with Gasteiger partial charge in [0.1, 0.15) is 0 Å². The number of nitrogens with zero attached hydrogens (tertiary/aromatic N) is 2. The molecule has 0 unspecified atom stereocenters. The molecule has 2 aromatic rings. The Morgan fingerprint density at radius 2 is 1.68 bits per heavy atom. The second-order valence-electron chi connectivity index (χ2n) is 6.08. The van der Waals surface area contributed by atoms with Crippen molar-refractivity contribution in [1.82, 2.24) is 10.2 Å². The topological polar surface area (TPSA) is 72.9 Å². The molecule has 2 amide bonds. The first-order valence-electron chi connectivity index (χ1n) is 7.94. The molecule has 25 heavy (non-hydrogen) atoms. The van der Waals surface area contributed by atoms with E-state index < -0.39 is 5.97 Å². The quantitative estimate of drug-likeness (QED) is 0.847. The summed E-state index contributed by atoms with van der Waals surface area (Å²) in [6.45, 7) is 0.853. The monoisotopic (exact) mass is 341 g/mol. The third-order valence-corrected chi connectivity index (χ3v) is 3.84. The average Bonchev–Trinajstić information content (AvgIpc) is 2.60. The number of hydrogen-bond acceptors (Lipinski definition) is 3. The number of anilines is 1. The SMILES string of the molecule is CN(Cc1cccc(N(C)C)c1)C(=O)NCc1ccc(C(=O)O)cc1. The van der Waals surface area contributed by atoms with Gasteiger partial charge in [0, 0.05) is 39.9 Å². The van der Waals surface area contributed by atoms with Crippen molar-refractivity contribution in [1.29, 1.82) is 0 Å². The van der Waals surface area contributed by atoms with Crippen LogP contribution in [0, 0.1) is 0 Å². The minimum Gasteiger partial charge on any atom is -0.478 e.